The predicted molar refractivity (Wildman–Crippen MR) is 110 cm³/mol. The average molecular weight is 391 g/mol. The van der Waals surface area contributed by atoms with Crippen molar-refractivity contribution in [2.45, 2.75) is 57.8 Å². The first-order chi connectivity index (χ1) is 13.9. The van der Waals surface area contributed by atoms with E-state index in [1.54, 1.807) is 6.20 Å². The second-order valence-corrected chi connectivity index (χ2v) is 8.64. The Balaban J connectivity index is 1.57. The molecule has 0 saturated heterocycles. The van der Waals surface area contributed by atoms with Gasteiger partial charge in [-0.15, -0.1) is 0 Å². The summed E-state index contributed by atoms with van der Waals surface area (Å²) in [6.07, 6.45) is 12.8. The lowest BCUT2D eigenvalue weighted by molar-refractivity contribution is -0.119. The van der Waals surface area contributed by atoms with Crippen molar-refractivity contribution in [2.75, 3.05) is 11.1 Å². The van der Waals surface area contributed by atoms with E-state index in [0.29, 0.717) is 28.8 Å². The van der Waals surface area contributed by atoms with Crippen LogP contribution in [0.5, 0.6) is 0 Å². The second kappa shape index (κ2) is 6.50. The minimum atomic E-state index is -0.747. The molecule has 3 aromatic heterocycles. The van der Waals surface area contributed by atoms with Gasteiger partial charge in [0.2, 0.25) is 5.91 Å². The quantitative estimate of drug-likeness (QED) is 0.707. The van der Waals surface area contributed by atoms with Crippen molar-refractivity contribution in [2.24, 2.45) is 5.92 Å². The van der Waals surface area contributed by atoms with Gasteiger partial charge in [-0.2, -0.15) is 0 Å². The van der Waals surface area contributed by atoms with E-state index >= 15 is 0 Å². The zero-order valence-corrected chi connectivity index (χ0v) is 16.8. The van der Waals surface area contributed by atoms with Crippen LogP contribution in [0, 0.1) is 5.92 Å². The minimum Gasteiger partial charge on any atom is -0.383 e. The molecule has 3 aromatic rings. The number of nitrogens with zero attached hydrogens (tertiary/aromatic N) is 5. The highest BCUT2D eigenvalue weighted by Crippen LogP contribution is 2.40. The van der Waals surface area contributed by atoms with Crippen LogP contribution in [-0.4, -0.2) is 30.2 Å². The number of carbonyl (C=O) groups is 1. The highest BCUT2D eigenvalue weighted by Gasteiger charge is 2.42. The van der Waals surface area contributed by atoms with Crippen LogP contribution in [-0.2, 0) is 16.6 Å². The molecule has 0 atom stereocenters. The fourth-order valence-electron chi connectivity index (χ4n) is 4.64. The van der Waals surface area contributed by atoms with Crippen LogP contribution >= 0.6 is 0 Å². The van der Waals surface area contributed by atoms with Crippen molar-refractivity contribution in [3.63, 3.8) is 0 Å². The van der Waals surface area contributed by atoms with E-state index in [-0.39, 0.29) is 5.91 Å². The summed E-state index contributed by atoms with van der Waals surface area (Å²) in [5.74, 6) is 2.48. The number of nitrogens with two attached hydrogens (primary N) is 1. The lowest BCUT2D eigenvalue weighted by atomic mass is 9.87. The van der Waals surface area contributed by atoms with Gasteiger partial charge in [-0.05, 0) is 32.6 Å². The highest BCUT2D eigenvalue weighted by atomic mass is 16.2. The molecular formula is C21H25N7O. The topological polar surface area (TPSA) is 111 Å². The van der Waals surface area contributed by atoms with Gasteiger partial charge in [0.15, 0.2) is 11.6 Å². The van der Waals surface area contributed by atoms with Crippen LogP contribution in [0.15, 0.2) is 18.6 Å². The molecule has 0 bridgehead atoms. The molecule has 150 valence electrons. The number of imidazole rings is 1. The molecule has 0 spiro atoms. The maximum Gasteiger partial charge on any atom is 0.235 e. The van der Waals surface area contributed by atoms with E-state index in [9.17, 15) is 4.79 Å². The molecule has 3 N–H and O–H groups in total. The summed E-state index contributed by atoms with van der Waals surface area (Å²) in [5.41, 5.74) is 8.12. The molecule has 0 unspecified atom stereocenters. The molecule has 8 nitrogen and oxygen atoms in total. The minimum absolute atomic E-state index is 0.125. The summed E-state index contributed by atoms with van der Waals surface area (Å²) in [6.45, 7) is 3.65. The van der Waals surface area contributed by atoms with Gasteiger partial charge >= 0.3 is 0 Å². The Kier molecular flexibility index (Phi) is 4.04. The largest absolute Gasteiger partial charge is 0.383 e. The maximum absolute atomic E-state index is 12.3. The molecule has 5 rings (SSSR count). The molecule has 1 saturated carbocycles. The fraction of sp³-hybridized carbons (Fsp3) is 0.476. The van der Waals surface area contributed by atoms with Crippen molar-refractivity contribution < 1.29 is 4.79 Å². The number of fused-ring (bicyclic) bond motifs is 2. The Morgan fingerprint density at radius 3 is 2.83 bits per heavy atom. The number of anilines is 2. The number of nitrogen functional groups attached to an aromatic ring is 1. The SMILES string of the molecule is CC1(C)C(=O)Nc2nc(-c3nc(CCC4CCCC4)c4cnccn34)nc(N)c21. The van der Waals surface area contributed by atoms with E-state index in [1.165, 1.54) is 25.7 Å². The average Bonchev–Trinajstić information content (AvgIpc) is 3.38. The number of carbonyl (C=O) groups excluding carboxylic acids is 1. The van der Waals surface area contributed by atoms with Gasteiger partial charge in [0.05, 0.1) is 28.4 Å². The Bertz CT molecular complexity index is 1110. The number of hydrogen-bond acceptors (Lipinski definition) is 6. The first-order valence-electron chi connectivity index (χ1n) is 10.3. The van der Waals surface area contributed by atoms with Gasteiger partial charge in [0.1, 0.15) is 11.6 Å². The Morgan fingerprint density at radius 2 is 2.03 bits per heavy atom. The third kappa shape index (κ3) is 2.85. The molecule has 1 amide bonds. The van der Waals surface area contributed by atoms with Gasteiger partial charge in [-0.1, -0.05) is 25.7 Å². The summed E-state index contributed by atoms with van der Waals surface area (Å²) in [7, 11) is 0. The summed E-state index contributed by atoms with van der Waals surface area (Å²) in [4.78, 5) is 30.6. The zero-order chi connectivity index (χ0) is 20.2. The van der Waals surface area contributed by atoms with Gasteiger partial charge < -0.3 is 11.1 Å². The van der Waals surface area contributed by atoms with Crippen molar-refractivity contribution >= 4 is 23.1 Å². The first-order valence-corrected chi connectivity index (χ1v) is 10.3. The number of aromatic nitrogens is 5. The van der Waals surface area contributed by atoms with Crippen LogP contribution < -0.4 is 11.1 Å². The number of amides is 1. The Hall–Kier alpha value is -3.03. The molecule has 2 aliphatic rings. The maximum atomic E-state index is 12.3. The summed E-state index contributed by atoms with van der Waals surface area (Å²) in [6, 6.07) is 0. The van der Waals surface area contributed by atoms with E-state index in [2.05, 4.69) is 20.3 Å². The van der Waals surface area contributed by atoms with E-state index < -0.39 is 5.41 Å². The van der Waals surface area contributed by atoms with Crippen LogP contribution in [0.2, 0.25) is 0 Å². The second-order valence-electron chi connectivity index (χ2n) is 8.64. The van der Waals surface area contributed by atoms with Gasteiger partial charge in [0, 0.05) is 12.4 Å². The van der Waals surface area contributed by atoms with E-state index in [0.717, 1.165) is 30.0 Å². The summed E-state index contributed by atoms with van der Waals surface area (Å²) < 4.78 is 1.96. The standard InChI is InChI=1S/C21H25N7O/c1-21(2)15-16(22)25-18(26-17(15)27-20(21)29)19-24-13(8-7-12-5-3-4-6-12)14-11-23-9-10-28(14)19/h9-12H,3-8H2,1-2H3,(H3,22,25,26,27,29). The number of rotatable bonds is 4. The zero-order valence-electron chi connectivity index (χ0n) is 16.8. The smallest absolute Gasteiger partial charge is 0.235 e. The van der Waals surface area contributed by atoms with Gasteiger partial charge in [-0.25, -0.2) is 15.0 Å². The van der Waals surface area contributed by atoms with Crippen molar-refractivity contribution in [3.05, 3.63) is 29.8 Å². The van der Waals surface area contributed by atoms with Gasteiger partial charge in [0.25, 0.3) is 0 Å². The van der Waals surface area contributed by atoms with Gasteiger partial charge in [-0.3, -0.25) is 14.2 Å². The molecule has 1 aliphatic heterocycles. The number of aryl methyl sites for hydroxylation is 1. The lowest BCUT2D eigenvalue weighted by Gasteiger charge is -2.16. The molecule has 4 heterocycles. The monoisotopic (exact) mass is 391 g/mol. The number of hydrogen-bond donors (Lipinski definition) is 2. The molecule has 8 heteroatoms. The van der Waals surface area contributed by atoms with Crippen molar-refractivity contribution in [1.82, 2.24) is 24.3 Å². The summed E-state index contributed by atoms with van der Waals surface area (Å²) >= 11 is 0. The van der Waals surface area contributed by atoms with Crippen LogP contribution in [0.1, 0.15) is 57.2 Å². The van der Waals surface area contributed by atoms with Crippen LogP contribution in [0.3, 0.4) is 0 Å². The molecular weight excluding hydrogens is 366 g/mol. The third-order valence-electron chi connectivity index (χ3n) is 6.35. The van der Waals surface area contributed by atoms with E-state index in [1.807, 2.05) is 30.6 Å². The lowest BCUT2D eigenvalue weighted by Crippen LogP contribution is -2.27. The number of nitrogens with one attached hydrogen (secondary N) is 1. The predicted octanol–water partition coefficient (Wildman–Crippen LogP) is 3.12. The first kappa shape index (κ1) is 18.0. The molecule has 0 radical (unpaired) electrons. The normalized spacial score (nSPS) is 18.3. The Morgan fingerprint density at radius 1 is 1.24 bits per heavy atom. The molecule has 0 aromatic carbocycles. The highest BCUT2D eigenvalue weighted by molar-refractivity contribution is 6.06. The fourth-order valence-corrected chi connectivity index (χ4v) is 4.64. The third-order valence-corrected chi connectivity index (χ3v) is 6.35. The molecule has 29 heavy (non-hydrogen) atoms. The Labute approximate surface area is 169 Å². The van der Waals surface area contributed by atoms with Crippen molar-refractivity contribution in [1.29, 1.82) is 0 Å². The summed E-state index contributed by atoms with van der Waals surface area (Å²) in [5, 5.41) is 2.84. The van der Waals surface area contributed by atoms with Crippen molar-refractivity contribution in [3.8, 4) is 11.6 Å². The molecule has 1 fully saturated rings. The van der Waals surface area contributed by atoms with Crippen LogP contribution in [0.25, 0.3) is 17.2 Å². The van der Waals surface area contributed by atoms with E-state index in [4.69, 9.17) is 10.7 Å². The molecule has 1 aliphatic carbocycles. The van der Waals surface area contributed by atoms with Crippen LogP contribution in [0.4, 0.5) is 11.6 Å².